The van der Waals surface area contributed by atoms with Gasteiger partial charge in [0.2, 0.25) is 0 Å². The van der Waals surface area contributed by atoms with Crippen LogP contribution in [0.2, 0.25) is 0 Å². The Bertz CT molecular complexity index is 1330. The second kappa shape index (κ2) is 7.19. The van der Waals surface area contributed by atoms with Crippen LogP contribution in [0.4, 0.5) is 0 Å². The summed E-state index contributed by atoms with van der Waals surface area (Å²) in [4.78, 5) is 47.7. The minimum absolute atomic E-state index is 0.0816. The number of pyridine rings is 1. The summed E-state index contributed by atoms with van der Waals surface area (Å²) in [6.07, 6.45) is 5.18. The average molecular weight is 390 g/mol. The molecular weight excluding hydrogens is 372 g/mol. The highest BCUT2D eigenvalue weighted by atomic mass is 16.2. The largest absolute Gasteiger partial charge is 0.348 e. The summed E-state index contributed by atoms with van der Waals surface area (Å²) < 4.78 is 3.07. The van der Waals surface area contributed by atoms with Crippen LogP contribution in [0.3, 0.4) is 0 Å². The van der Waals surface area contributed by atoms with Gasteiger partial charge in [-0.2, -0.15) is 0 Å². The number of carbonyl (C=O) groups is 1. The summed E-state index contributed by atoms with van der Waals surface area (Å²) in [5, 5.41) is 2.94. The van der Waals surface area contributed by atoms with E-state index in [1.54, 1.807) is 25.5 Å². The van der Waals surface area contributed by atoms with E-state index in [2.05, 4.69) is 20.3 Å². The number of hydrogen-bond donors (Lipinski definition) is 2. The smallest absolute Gasteiger partial charge is 0.329 e. The number of imidazole rings is 1. The van der Waals surface area contributed by atoms with Crippen molar-refractivity contribution in [3.8, 4) is 5.69 Å². The van der Waals surface area contributed by atoms with Crippen LogP contribution in [0.25, 0.3) is 16.7 Å². The van der Waals surface area contributed by atoms with Gasteiger partial charge in [-0.25, -0.2) is 14.8 Å². The Morgan fingerprint density at radius 2 is 2.03 bits per heavy atom. The number of amides is 1. The van der Waals surface area contributed by atoms with E-state index < -0.39 is 17.2 Å². The first-order valence-corrected chi connectivity index (χ1v) is 8.91. The number of para-hydroxylation sites is 1. The van der Waals surface area contributed by atoms with Gasteiger partial charge in [0.15, 0.2) is 0 Å². The molecule has 0 spiro atoms. The monoisotopic (exact) mass is 390 g/mol. The highest BCUT2D eigenvalue weighted by molar-refractivity contribution is 6.05. The second-order valence-corrected chi connectivity index (χ2v) is 6.61. The van der Waals surface area contributed by atoms with Gasteiger partial charge in [0, 0.05) is 31.7 Å². The number of H-pyrrole nitrogens is 1. The number of fused-ring (bicyclic) bond motifs is 1. The van der Waals surface area contributed by atoms with E-state index in [1.165, 1.54) is 11.6 Å². The Morgan fingerprint density at radius 3 is 2.79 bits per heavy atom. The van der Waals surface area contributed by atoms with Crippen molar-refractivity contribution in [1.82, 2.24) is 29.4 Å². The molecule has 0 fully saturated rings. The Kier molecular flexibility index (Phi) is 4.55. The summed E-state index contributed by atoms with van der Waals surface area (Å²) in [5.74, 6) is -0.426. The topological polar surface area (TPSA) is 115 Å². The zero-order chi connectivity index (χ0) is 20.5. The van der Waals surface area contributed by atoms with Gasteiger partial charge >= 0.3 is 5.69 Å². The van der Waals surface area contributed by atoms with Crippen molar-refractivity contribution in [3.05, 3.63) is 86.7 Å². The van der Waals surface area contributed by atoms with Gasteiger partial charge in [0.05, 0.1) is 23.0 Å². The summed E-state index contributed by atoms with van der Waals surface area (Å²) >= 11 is 0. The van der Waals surface area contributed by atoms with E-state index >= 15 is 0 Å². The van der Waals surface area contributed by atoms with Crippen LogP contribution in [0, 0.1) is 6.92 Å². The van der Waals surface area contributed by atoms with Gasteiger partial charge in [-0.05, 0) is 24.6 Å². The number of hydrogen-bond acceptors (Lipinski definition) is 5. The van der Waals surface area contributed by atoms with Crippen LogP contribution in [0.5, 0.6) is 0 Å². The van der Waals surface area contributed by atoms with Crippen molar-refractivity contribution in [1.29, 1.82) is 0 Å². The van der Waals surface area contributed by atoms with Crippen molar-refractivity contribution in [3.63, 3.8) is 0 Å². The number of nitrogens with one attached hydrogen (secondary N) is 2. The van der Waals surface area contributed by atoms with E-state index in [1.807, 2.05) is 35.0 Å². The number of aryl methyl sites for hydroxylation is 2. The molecule has 29 heavy (non-hydrogen) atoms. The van der Waals surface area contributed by atoms with Gasteiger partial charge in [0.1, 0.15) is 5.65 Å². The fourth-order valence-corrected chi connectivity index (χ4v) is 3.23. The van der Waals surface area contributed by atoms with Gasteiger partial charge in [0.25, 0.3) is 11.5 Å². The predicted octanol–water partition coefficient (Wildman–Crippen LogP) is 1.05. The first kappa shape index (κ1) is 18.4. The van der Waals surface area contributed by atoms with E-state index in [0.29, 0.717) is 5.69 Å². The normalized spacial score (nSPS) is 11.0. The maximum absolute atomic E-state index is 12.9. The maximum Gasteiger partial charge on any atom is 0.329 e. The molecule has 4 aromatic rings. The molecule has 1 amide bonds. The molecule has 146 valence electrons. The molecule has 3 heterocycles. The fraction of sp³-hybridized carbons (Fsp3) is 0.150. The summed E-state index contributed by atoms with van der Waals surface area (Å²) in [7, 11) is 1.50. The lowest BCUT2D eigenvalue weighted by atomic mass is 10.1. The fourth-order valence-electron chi connectivity index (χ4n) is 3.23. The number of carbonyl (C=O) groups excluding carboxylic acids is 1. The molecule has 3 aromatic heterocycles. The highest BCUT2D eigenvalue weighted by Crippen LogP contribution is 2.16. The molecule has 0 saturated carbocycles. The van der Waals surface area contributed by atoms with Crippen LogP contribution in [-0.4, -0.2) is 30.0 Å². The lowest BCUT2D eigenvalue weighted by Crippen LogP contribution is -2.32. The van der Waals surface area contributed by atoms with E-state index in [9.17, 15) is 14.4 Å². The van der Waals surface area contributed by atoms with Crippen LogP contribution in [-0.2, 0) is 13.6 Å². The number of rotatable bonds is 4. The van der Waals surface area contributed by atoms with Gasteiger partial charge in [-0.15, -0.1) is 0 Å². The van der Waals surface area contributed by atoms with Crippen LogP contribution in [0.15, 0.2) is 58.6 Å². The van der Waals surface area contributed by atoms with Crippen molar-refractivity contribution < 1.29 is 4.79 Å². The van der Waals surface area contributed by atoms with E-state index in [0.717, 1.165) is 11.3 Å². The highest BCUT2D eigenvalue weighted by Gasteiger charge is 2.18. The number of nitrogens with zero attached hydrogens (tertiary/aromatic N) is 4. The molecule has 4 rings (SSSR count). The molecule has 0 unspecified atom stereocenters. The van der Waals surface area contributed by atoms with Crippen molar-refractivity contribution >= 4 is 16.9 Å². The summed E-state index contributed by atoms with van der Waals surface area (Å²) in [6, 6.07) is 9.16. The van der Waals surface area contributed by atoms with E-state index in [-0.39, 0.29) is 23.1 Å². The number of aromatic amines is 1. The Labute approximate surface area is 164 Å². The molecule has 0 aliphatic carbocycles. The Morgan fingerprint density at radius 1 is 1.24 bits per heavy atom. The second-order valence-electron chi connectivity index (χ2n) is 6.61. The average Bonchev–Trinajstić information content (AvgIpc) is 3.24. The molecule has 0 radical (unpaired) electrons. The molecular formula is C20H18N6O3. The van der Waals surface area contributed by atoms with Crippen LogP contribution >= 0.6 is 0 Å². The molecule has 0 bridgehead atoms. The van der Waals surface area contributed by atoms with Crippen molar-refractivity contribution in [2.75, 3.05) is 0 Å². The third-order valence-electron chi connectivity index (χ3n) is 4.66. The Balaban J connectivity index is 1.71. The molecule has 0 aliphatic heterocycles. The minimum Gasteiger partial charge on any atom is -0.348 e. The van der Waals surface area contributed by atoms with Gasteiger partial charge in [-0.1, -0.05) is 18.2 Å². The lowest BCUT2D eigenvalue weighted by Gasteiger charge is -2.13. The van der Waals surface area contributed by atoms with Crippen molar-refractivity contribution in [2.45, 2.75) is 13.5 Å². The Hall–Kier alpha value is -4.01. The summed E-state index contributed by atoms with van der Waals surface area (Å²) in [5.41, 5.74) is 1.42. The third kappa shape index (κ3) is 3.33. The first-order valence-electron chi connectivity index (χ1n) is 8.91. The van der Waals surface area contributed by atoms with Crippen molar-refractivity contribution in [2.24, 2.45) is 7.05 Å². The lowest BCUT2D eigenvalue weighted by molar-refractivity contribution is 0.0952. The standard InChI is InChI=1S/C20H18N6O3/c1-12-9-14(16-17(23-12)25(2)20(29)24-19(16)28)18(27)22-10-13-5-3-4-6-15(13)26-8-7-21-11-26/h3-9,11H,10H2,1-2H3,(H,22,27)(H,24,28,29). The molecule has 2 N–H and O–H groups in total. The SMILES string of the molecule is Cc1cc(C(=O)NCc2ccccc2-n2ccnc2)c2c(=O)[nH]c(=O)n(C)c2n1. The predicted molar refractivity (Wildman–Crippen MR) is 107 cm³/mol. The number of benzene rings is 1. The van der Waals surface area contributed by atoms with Crippen LogP contribution < -0.4 is 16.6 Å². The zero-order valence-corrected chi connectivity index (χ0v) is 15.8. The molecule has 0 aliphatic rings. The van der Waals surface area contributed by atoms with E-state index in [4.69, 9.17) is 0 Å². The first-order chi connectivity index (χ1) is 14.0. The molecule has 9 nitrogen and oxygen atoms in total. The number of aromatic nitrogens is 5. The quantitative estimate of drug-likeness (QED) is 0.540. The molecule has 1 aromatic carbocycles. The maximum atomic E-state index is 12.9. The molecule has 0 saturated heterocycles. The molecule has 0 atom stereocenters. The van der Waals surface area contributed by atoms with Gasteiger partial charge in [-0.3, -0.25) is 19.1 Å². The van der Waals surface area contributed by atoms with Crippen LogP contribution in [0.1, 0.15) is 21.6 Å². The summed E-state index contributed by atoms with van der Waals surface area (Å²) in [6.45, 7) is 1.95. The van der Waals surface area contributed by atoms with Gasteiger partial charge < -0.3 is 9.88 Å². The third-order valence-corrected chi connectivity index (χ3v) is 4.66. The molecule has 9 heteroatoms. The zero-order valence-electron chi connectivity index (χ0n) is 15.8. The minimum atomic E-state index is -0.639.